The Bertz CT molecular complexity index is 138. The molecule has 0 aliphatic rings. The van der Waals surface area contributed by atoms with Gasteiger partial charge >= 0.3 is 0 Å². The van der Waals surface area contributed by atoms with E-state index >= 15 is 0 Å². The second kappa shape index (κ2) is 9.22. The van der Waals surface area contributed by atoms with Crippen molar-refractivity contribution in [2.24, 2.45) is 0 Å². The molecule has 62 valence electrons. The van der Waals surface area contributed by atoms with Crippen molar-refractivity contribution < 1.29 is 0 Å². The van der Waals surface area contributed by atoms with E-state index in [1.165, 1.54) is 0 Å². The predicted molar refractivity (Wildman–Crippen MR) is 52.6 cm³/mol. The third-order valence-electron chi connectivity index (χ3n) is 1.35. The predicted octanol–water partition coefficient (Wildman–Crippen LogP) is 3.87. The molecule has 0 amide bonds. The SMILES string of the molecule is C/C=C\C/C=C\C/C=C\CC. The fourth-order valence-electron chi connectivity index (χ4n) is 0.749. The maximum Gasteiger partial charge on any atom is -0.0169 e. The van der Waals surface area contributed by atoms with Crippen LogP contribution >= 0.6 is 0 Å². The van der Waals surface area contributed by atoms with Crippen LogP contribution in [0.5, 0.6) is 0 Å². The quantitative estimate of drug-likeness (QED) is 0.522. The fourth-order valence-corrected chi connectivity index (χ4v) is 0.749. The summed E-state index contributed by atoms with van der Waals surface area (Å²) in [6.45, 7) is 4.20. The van der Waals surface area contributed by atoms with Gasteiger partial charge in [0.2, 0.25) is 0 Å². The summed E-state index contributed by atoms with van der Waals surface area (Å²) in [5.41, 5.74) is 0. The van der Waals surface area contributed by atoms with Crippen LogP contribution in [-0.4, -0.2) is 0 Å². The molecule has 0 fully saturated rings. The standard InChI is InChI=1S/C11H18/c1-3-5-7-9-11-10-8-6-4-2/h3,5-6,8-9,11H,4,7,10H2,1-2H3/b5-3-,8-6-,11-9-. The van der Waals surface area contributed by atoms with Crippen LogP contribution in [0.25, 0.3) is 0 Å². The van der Waals surface area contributed by atoms with Crippen molar-refractivity contribution in [3.05, 3.63) is 36.5 Å². The lowest BCUT2D eigenvalue weighted by Crippen LogP contribution is -1.60. The maximum absolute atomic E-state index is 2.20. The third-order valence-corrected chi connectivity index (χ3v) is 1.35. The molecule has 0 rings (SSSR count). The maximum atomic E-state index is 2.20. The normalized spacial score (nSPS) is 12.5. The van der Waals surface area contributed by atoms with Crippen molar-refractivity contribution in [3.8, 4) is 0 Å². The molecule has 0 aromatic heterocycles. The van der Waals surface area contributed by atoms with Gasteiger partial charge in [-0.25, -0.2) is 0 Å². The third kappa shape index (κ3) is 9.22. The van der Waals surface area contributed by atoms with Crippen molar-refractivity contribution >= 4 is 0 Å². The lowest BCUT2D eigenvalue weighted by Gasteiger charge is -1.81. The molecule has 0 bridgehead atoms. The van der Waals surface area contributed by atoms with E-state index in [9.17, 15) is 0 Å². The minimum absolute atomic E-state index is 1.07. The first kappa shape index (κ1) is 10.2. The van der Waals surface area contributed by atoms with Gasteiger partial charge in [-0.2, -0.15) is 0 Å². The smallest absolute Gasteiger partial charge is 0.0169 e. The molecule has 0 spiro atoms. The van der Waals surface area contributed by atoms with E-state index in [0.717, 1.165) is 19.3 Å². The molecule has 0 saturated heterocycles. The lowest BCUT2D eigenvalue weighted by atomic mass is 10.3. The van der Waals surface area contributed by atoms with E-state index < -0.39 is 0 Å². The van der Waals surface area contributed by atoms with Gasteiger partial charge in [0.15, 0.2) is 0 Å². The van der Waals surface area contributed by atoms with Crippen molar-refractivity contribution in [2.45, 2.75) is 33.1 Å². The number of hydrogen-bond acceptors (Lipinski definition) is 0. The first-order valence-corrected chi connectivity index (χ1v) is 4.33. The Hall–Kier alpha value is -0.780. The minimum Gasteiger partial charge on any atom is -0.0914 e. The molecular formula is C11H18. The highest BCUT2D eigenvalue weighted by Crippen LogP contribution is 1.91. The summed E-state index contributed by atoms with van der Waals surface area (Å²) in [6.07, 6.45) is 16.3. The first-order chi connectivity index (χ1) is 5.41. The molecule has 0 N–H and O–H groups in total. The number of hydrogen-bond donors (Lipinski definition) is 0. The largest absolute Gasteiger partial charge is 0.0914 e. The van der Waals surface area contributed by atoms with Gasteiger partial charge in [0.05, 0.1) is 0 Å². The highest BCUT2D eigenvalue weighted by atomic mass is 13.8. The van der Waals surface area contributed by atoms with E-state index in [-0.39, 0.29) is 0 Å². The van der Waals surface area contributed by atoms with Crippen molar-refractivity contribution in [3.63, 3.8) is 0 Å². The molecule has 0 aromatic carbocycles. The summed E-state index contributed by atoms with van der Waals surface area (Å²) in [6, 6.07) is 0. The van der Waals surface area contributed by atoms with Gasteiger partial charge in [-0.05, 0) is 26.2 Å². The Balaban J connectivity index is 3.23. The summed E-state index contributed by atoms with van der Waals surface area (Å²) in [5, 5.41) is 0. The van der Waals surface area contributed by atoms with Gasteiger partial charge in [0.25, 0.3) is 0 Å². The zero-order valence-electron chi connectivity index (χ0n) is 7.59. The molecule has 0 atom stereocenters. The van der Waals surface area contributed by atoms with Gasteiger partial charge in [0, 0.05) is 0 Å². The van der Waals surface area contributed by atoms with E-state index in [1.807, 2.05) is 6.92 Å². The Morgan fingerprint density at radius 3 is 1.91 bits per heavy atom. The van der Waals surface area contributed by atoms with Crippen LogP contribution in [-0.2, 0) is 0 Å². The molecule has 0 nitrogen and oxygen atoms in total. The van der Waals surface area contributed by atoms with E-state index in [1.54, 1.807) is 0 Å². The molecule has 0 radical (unpaired) electrons. The number of allylic oxidation sites excluding steroid dienone is 6. The van der Waals surface area contributed by atoms with Gasteiger partial charge in [-0.15, -0.1) is 0 Å². The molecule has 0 aliphatic carbocycles. The zero-order valence-corrected chi connectivity index (χ0v) is 7.59. The van der Waals surface area contributed by atoms with Gasteiger partial charge in [-0.3, -0.25) is 0 Å². The Morgan fingerprint density at radius 1 is 0.818 bits per heavy atom. The fraction of sp³-hybridized carbons (Fsp3) is 0.455. The first-order valence-electron chi connectivity index (χ1n) is 4.33. The molecule has 0 aliphatic heterocycles. The van der Waals surface area contributed by atoms with E-state index in [0.29, 0.717) is 0 Å². The van der Waals surface area contributed by atoms with E-state index in [4.69, 9.17) is 0 Å². The summed E-state index contributed by atoms with van der Waals surface area (Å²) >= 11 is 0. The van der Waals surface area contributed by atoms with Crippen LogP contribution in [0.4, 0.5) is 0 Å². The molecule has 0 heteroatoms. The van der Waals surface area contributed by atoms with Crippen molar-refractivity contribution in [1.82, 2.24) is 0 Å². The highest BCUT2D eigenvalue weighted by Gasteiger charge is 1.70. The molecule has 0 heterocycles. The second-order valence-electron chi connectivity index (χ2n) is 2.39. The van der Waals surface area contributed by atoms with Gasteiger partial charge < -0.3 is 0 Å². The van der Waals surface area contributed by atoms with Crippen LogP contribution < -0.4 is 0 Å². The minimum atomic E-state index is 1.07. The monoisotopic (exact) mass is 150 g/mol. The van der Waals surface area contributed by atoms with Crippen LogP contribution in [0.2, 0.25) is 0 Å². The molecule has 0 unspecified atom stereocenters. The van der Waals surface area contributed by atoms with Crippen molar-refractivity contribution in [1.29, 1.82) is 0 Å². The summed E-state index contributed by atoms with van der Waals surface area (Å²) in [5.74, 6) is 0. The average Bonchev–Trinajstić information content (AvgIpc) is 2.03. The molecule has 0 aromatic rings. The summed E-state index contributed by atoms with van der Waals surface area (Å²) in [7, 11) is 0. The molecule has 11 heavy (non-hydrogen) atoms. The van der Waals surface area contributed by atoms with E-state index in [2.05, 4.69) is 43.4 Å². The Labute approximate surface area is 70.3 Å². The van der Waals surface area contributed by atoms with Crippen LogP contribution in [0.15, 0.2) is 36.5 Å². The lowest BCUT2D eigenvalue weighted by molar-refractivity contribution is 1.19. The van der Waals surface area contributed by atoms with Gasteiger partial charge in [-0.1, -0.05) is 43.4 Å². The molecule has 0 saturated carbocycles. The Morgan fingerprint density at radius 2 is 1.36 bits per heavy atom. The number of rotatable bonds is 5. The molecular weight excluding hydrogens is 132 g/mol. The van der Waals surface area contributed by atoms with Gasteiger partial charge in [0.1, 0.15) is 0 Å². The highest BCUT2D eigenvalue weighted by molar-refractivity contribution is 4.96. The zero-order chi connectivity index (χ0) is 8.36. The average molecular weight is 150 g/mol. The summed E-state index contributed by atoms with van der Waals surface area (Å²) < 4.78 is 0. The summed E-state index contributed by atoms with van der Waals surface area (Å²) in [4.78, 5) is 0. The van der Waals surface area contributed by atoms with Crippen molar-refractivity contribution in [2.75, 3.05) is 0 Å². The second-order valence-corrected chi connectivity index (χ2v) is 2.39. The van der Waals surface area contributed by atoms with Crippen LogP contribution in [0, 0.1) is 0 Å². The van der Waals surface area contributed by atoms with Crippen LogP contribution in [0.3, 0.4) is 0 Å². The topological polar surface area (TPSA) is 0 Å². The Kier molecular flexibility index (Phi) is 8.57. The van der Waals surface area contributed by atoms with Crippen LogP contribution in [0.1, 0.15) is 33.1 Å².